The van der Waals surface area contributed by atoms with Crippen molar-refractivity contribution in [3.63, 3.8) is 0 Å². The van der Waals surface area contributed by atoms with Gasteiger partial charge in [0.1, 0.15) is 4.83 Å². The van der Waals surface area contributed by atoms with Crippen molar-refractivity contribution < 1.29 is 9.59 Å². The first kappa shape index (κ1) is 21.2. The molecule has 2 aromatic heterocycles. The number of nitrogens with zero attached hydrogens (tertiary/aromatic N) is 3. The number of rotatable bonds is 5. The number of nitrogens with one attached hydrogen (secondary N) is 1. The van der Waals surface area contributed by atoms with Gasteiger partial charge in [-0.25, -0.2) is 4.98 Å². The van der Waals surface area contributed by atoms with E-state index < -0.39 is 0 Å². The Kier molecular flexibility index (Phi) is 6.18. The molecule has 3 aromatic rings. The molecule has 8 heteroatoms. The minimum absolute atomic E-state index is 0.0253. The van der Waals surface area contributed by atoms with E-state index in [1.165, 1.54) is 34.7 Å². The Morgan fingerprint density at radius 1 is 1.19 bits per heavy atom. The van der Waals surface area contributed by atoms with Crippen LogP contribution in [0.5, 0.6) is 0 Å². The molecule has 31 heavy (non-hydrogen) atoms. The predicted octanol–water partition coefficient (Wildman–Crippen LogP) is 2.95. The summed E-state index contributed by atoms with van der Waals surface area (Å²) in [6.07, 6.45) is 3.31. The predicted molar refractivity (Wildman–Crippen MR) is 122 cm³/mol. The van der Waals surface area contributed by atoms with Gasteiger partial charge in [-0.15, -0.1) is 11.3 Å². The van der Waals surface area contributed by atoms with Crippen molar-refractivity contribution >= 4 is 33.4 Å². The summed E-state index contributed by atoms with van der Waals surface area (Å²) < 4.78 is 1.54. The van der Waals surface area contributed by atoms with Crippen LogP contribution in [0.25, 0.3) is 21.3 Å². The first-order chi connectivity index (χ1) is 14.9. The van der Waals surface area contributed by atoms with Crippen molar-refractivity contribution in [3.05, 3.63) is 51.9 Å². The second-order valence-electron chi connectivity index (χ2n) is 8.04. The summed E-state index contributed by atoms with van der Waals surface area (Å²) in [6.45, 7) is 5.09. The van der Waals surface area contributed by atoms with E-state index in [0.717, 1.165) is 24.0 Å². The van der Waals surface area contributed by atoms with Crippen LogP contribution in [0, 0.1) is 6.92 Å². The van der Waals surface area contributed by atoms with Crippen molar-refractivity contribution in [1.29, 1.82) is 0 Å². The van der Waals surface area contributed by atoms with E-state index in [2.05, 4.69) is 10.3 Å². The van der Waals surface area contributed by atoms with E-state index in [0.29, 0.717) is 29.9 Å². The lowest BCUT2D eigenvalue weighted by Gasteiger charge is -2.32. The number of hydrogen-bond acceptors (Lipinski definition) is 5. The number of aromatic nitrogens is 2. The van der Waals surface area contributed by atoms with Crippen LogP contribution in [0.1, 0.15) is 31.7 Å². The number of amides is 2. The highest BCUT2D eigenvalue weighted by atomic mass is 32.1. The standard InChI is InChI=1S/C23H26N4O3S/c1-15-3-5-17(6-4-15)19-13-31-22-21(19)23(30)27(14-24-22)12-9-20(29)26-10-7-18(8-11-26)25-16(2)28/h3-6,13-14,18H,7-12H2,1-2H3,(H,25,28). The maximum absolute atomic E-state index is 13.1. The van der Waals surface area contributed by atoms with Crippen molar-refractivity contribution in [1.82, 2.24) is 19.8 Å². The summed E-state index contributed by atoms with van der Waals surface area (Å²) >= 11 is 1.46. The van der Waals surface area contributed by atoms with E-state index in [1.54, 1.807) is 0 Å². The highest BCUT2D eigenvalue weighted by Gasteiger charge is 2.23. The fraction of sp³-hybridized carbons (Fsp3) is 0.391. The van der Waals surface area contributed by atoms with Gasteiger partial charge in [0, 0.05) is 50.0 Å². The molecule has 7 nitrogen and oxygen atoms in total. The van der Waals surface area contributed by atoms with Gasteiger partial charge in [0.25, 0.3) is 5.56 Å². The van der Waals surface area contributed by atoms with Gasteiger partial charge < -0.3 is 10.2 Å². The molecule has 1 aliphatic rings. The van der Waals surface area contributed by atoms with E-state index in [9.17, 15) is 14.4 Å². The van der Waals surface area contributed by atoms with Crippen LogP contribution in [-0.4, -0.2) is 45.4 Å². The lowest BCUT2D eigenvalue weighted by atomic mass is 10.0. The Morgan fingerprint density at radius 2 is 1.90 bits per heavy atom. The van der Waals surface area contributed by atoms with Crippen LogP contribution in [0.4, 0.5) is 0 Å². The second kappa shape index (κ2) is 9.01. The molecule has 2 amide bonds. The Hall–Kier alpha value is -3.00. The van der Waals surface area contributed by atoms with E-state index in [-0.39, 0.29) is 29.8 Å². The molecule has 1 aliphatic heterocycles. The van der Waals surface area contributed by atoms with E-state index in [4.69, 9.17) is 0 Å². The first-order valence-corrected chi connectivity index (χ1v) is 11.4. The van der Waals surface area contributed by atoms with Gasteiger partial charge >= 0.3 is 0 Å². The highest BCUT2D eigenvalue weighted by Crippen LogP contribution is 2.30. The lowest BCUT2D eigenvalue weighted by Crippen LogP contribution is -2.46. The second-order valence-corrected chi connectivity index (χ2v) is 8.90. The zero-order chi connectivity index (χ0) is 22.0. The quantitative estimate of drug-likeness (QED) is 0.664. The largest absolute Gasteiger partial charge is 0.353 e. The molecule has 1 saturated heterocycles. The number of fused-ring (bicyclic) bond motifs is 1. The molecule has 0 atom stereocenters. The molecule has 0 unspecified atom stereocenters. The van der Waals surface area contributed by atoms with Crippen molar-refractivity contribution in [2.75, 3.05) is 13.1 Å². The SMILES string of the molecule is CC(=O)NC1CCN(C(=O)CCn2cnc3scc(-c4ccc(C)cc4)c3c2=O)CC1. The Labute approximate surface area is 184 Å². The fourth-order valence-electron chi connectivity index (χ4n) is 4.01. The topological polar surface area (TPSA) is 84.3 Å². The molecule has 1 N–H and O–H groups in total. The number of carbonyl (C=O) groups is 2. The van der Waals surface area contributed by atoms with Crippen LogP contribution in [0.15, 0.2) is 40.8 Å². The number of hydrogen-bond donors (Lipinski definition) is 1. The summed E-state index contributed by atoms with van der Waals surface area (Å²) in [6, 6.07) is 8.22. The third kappa shape index (κ3) is 4.69. The molecule has 3 heterocycles. The summed E-state index contributed by atoms with van der Waals surface area (Å²) in [7, 11) is 0. The van der Waals surface area contributed by atoms with Gasteiger partial charge in [-0.3, -0.25) is 19.0 Å². The molecule has 162 valence electrons. The molecular formula is C23H26N4O3S. The maximum atomic E-state index is 13.1. The van der Waals surface area contributed by atoms with Crippen LogP contribution in [0.3, 0.4) is 0 Å². The summed E-state index contributed by atoms with van der Waals surface area (Å²) in [5.41, 5.74) is 2.93. The number of thiophene rings is 1. The zero-order valence-corrected chi connectivity index (χ0v) is 18.6. The smallest absolute Gasteiger partial charge is 0.262 e. The molecular weight excluding hydrogens is 412 g/mol. The Morgan fingerprint density at radius 3 is 2.58 bits per heavy atom. The molecule has 0 spiro atoms. The van der Waals surface area contributed by atoms with Gasteiger partial charge in [-0.2, -0.15) is 0 Å². The zero-order valence-electron chi connectivity index (χ0n) is 17.8. The normalized spacial score (nSPS) is 14.7. The summed E-state index contributed by atoms with van der Waals surface area (Å²) in [4.78, 5) is 44.0. The van der Waals surface area contributed by atoms with E-state index >= 15 is 0 Å². The summed E-state index contributed by atoms with van der Waals surface area (Å²) in [5, 5.41) is 5.49. The highest BCUT2D eigenvalue weighted by molar-refractivity contribution is 7.17. The van der Waals surface area contributed by atoms with Crippen LogP contribution >= 0.6 is 11.3 Å². The van der Waals surface area contributed by atoms with Crippen molar-refractivity contribution in [2.24, 2.45) is 0 Å². The number of aryl methyl sites for hydroxylation is 2. The number of carbonyl (C=O) groups excluding carboxylic acids is 2. The van der Waals surface area contributed by atoms with Gasteiger partial charge in [0.2, 0.25) is 11.8 Å². The summed E-state index contributed by atoms with van der Waals surface area (Å²) in [5.74, 6) is -0.0113. The lowest BCUT2D eigenvalue weighted by molar-refractivity contribution is -0.132. The molecule has 0 bridgehead atoms. The van der Waals surface area contributed by atoms with Crippen molar-refractivity contribution in [3.8, 4) is 11.1 Å². The first-order valence-electron chi connectivity index (χ1n) is 10.5. The Bertz CT molecular complexity index is 1160. The van der Waals surface area contributed by atoms with Gasteiger partial charge in [-0.05, 0) is 25.3 Å². The molecule has 0 saturated carbocycles. The monoisotopic (exact) mass is 438 g/mol. The maximum Gasteiger partial charge on any atom is 0.262 e. The molecule has 0 aliphatic carbocycles. The minimum Gasteiger partial charge on any atom is -0.353 e. The number of piperidine rings is 1. The van der Waals surface area contributed by atoms with Crippen LogP contribution in [-0.2, 0) is 16.1 Å². The van der Waals surface area contributed by atoms with Gasteiger partial charge in [0.05, 0.1) is 11.7 Å². The van der Waals surface area contributed by atoms with Crippen LogP contribution < -0.4 is 10.9 Å². The fourth-order valence-corrected chi connectivity index (χ4v) is 4.91. The molecule has 4 rings (SSSR count). The number of benzene rings is 1. The number of likely N-dealkylation sites (tertiary alicyclic amines) is 1. The van der Waals surface area contributed by atoms with Gasteiger partial charge in [0.15, 0.2) is 0 Å². The third-order valence-corrected chi connectivity index (χ3v) is 6.63. The Balaban J connectivity index is 1.46. The average Bonchev–Trinajstić information content (AvgIpc) is 3.19. The molecule has 1 fully saturated rings. The minimum atomic E-state index is -0.112. The molecule has 1 aromatic carbocycles. The van der Waals surface area contributed by atoms with E-state index in [1.807, 2.05) is 41.5 Å². The molecule has 0 radical (unpaired) electrons. The van der Waals surface area contributed by atoms with Gasteiger partial charge in [-0.1, -0.05) is 29.8 Å². The average molecular weight is 439 g/mol. The van der Waals surface area contributed by atoms with Crippen LogP contribution in [0.2, 0.25) is 0 Å². The third-order valence-electron chi connectivity index (χ3n) is 5.74. The van der Waals surface area contributed by atoms with Crippen molar-refractivity contribution in [2.45, 2.75) is 45.7 Å².